The number of hydrogen-bond acceptors (Lipinski definition) is 7. The molecule has 1 N–H and O–H groups in total. The van der Waals surface area contributed by atoms with E-state index in [2.05, 4.69) is 25.5 Å². The molecular weight excluding hydrogens is 439 g/mol. The number of alkyl halides is 3. The van der Waals surface area contributed by atoms with Crippen molar-refractivity contribution < 1.29 is 22.7 Å². The van der Waals surface area contributed by atoms with Gasteiger partial charge in [-0.25, -0.2) is 9.97 Å². The predicted octanol–water partition coefficient (Wildman–Crippen LogP) is 2.94. The fourth-order valence-electron chi connectivity index (χ4n) is 4.66. The Morgan fingerprint density at radius 1 is 1.15 bits per heavy atom. The lowest BCUT2D eigenvalue weighted by molar-refractivity contribution is -0.141. The number of halogens is 3. The summed E-state index contributed by atoms with van der Waals surface area (Å²) >= 11 is 0. The number of hydrogen-bond donors (Lipinski definition) is 1. The van der Waals surface area contributed by atoms with Gasteiger partial charge in [0.15, 0.2) is 5.69 Å². The lowest BCUT2D eigenvalue weighted by Crippen LogP contribution is -2.40. The third kappa shape index (κ3) is 3.85. The first-order chi connectivity index (χ1) is 15.8. The molecule has 2 aliphatic rings. The van der Waals surface area contributed by atoms with Gasteiger partial charge in [-0.1, -0.05) is 0 Å². The maximum absolute atomic E-state index is 13.6. The summed E-state index contributed by atoms with van der Waals surface area (Å²) in [5.41, 5.74) is -0.0929. The van der Waals surface area contributed by atoms with Crippen molar-refractivity contribution in [2.45, 2.75) is 43.6 Å². The normalized spacial score (nSPS) is 21.9. The van der Waals surface area contributed by atoms with Crippen LogP contribution in [0.5, 0.6) is 5.75 Å². The van der Waals surface area contributed by atoms with Crippen LogP contribution >= 0.6 is 0 Å². The fraction of sp³-hybridized carbons (Fsp3) is 0.381. The average molecular weight is 459 g/mol. The van der Waals surface area contributed by atoms with E-state index >= 15 is 0 Å². The number of fused-ring (bicyclic) bond motifs is 2. The van der Waals surface area contributed by atoms with Crippen molar-refractivity contribution in [1.82, 2.24) is 29.9 Å². The number of carbonyl (C=O) groups excluding carboxylic acids is 1. The van der Waals surface area contributed by atoms with Crippen molar-refractivity contribution in [2.75, 3.05) is 12.4 Å². The molecule has 3 aromatic rings. The van der Waals surface area contributed by atoms with Gasteiger partial charge in [-0.05, 0) is 31.4 Å². The molecule has 3 atom stereocenters. The van der Waals surface area contributed by atoms with Gasteiger partial charge in [-0.3, -0.25) is 4.79 Å². The van der Waals surface area contributed by atoms with E-state index in [0.717, 1.165) is 19.0 Å². The number of methoxy groups -OCH3 is 1. The first-order valence-electron chi connectivity index (χ1n) is 10.4. The molecule has 0 radical (unpaired) electrons. The molecule has 172 valence electrons. The van der Waals surface area contributed by atoms with Crippen molar-refractivity contribution in [3.05, 3.63) is 54.2 Å². The van der Waals surface area contributed by atoms with E-state index in [1.807, 2.05) is 4.90 Å². The van der Waals surface area contributed by atoms with Gasteiger partial charge in [0, 0.05) is 12.1 Å². The SMILES string of the molecule is COc1ccc(C(=O)N2[C@@H]3CC[C@H]2[C@H](Nc2cnc(C(F)(F)F)cn2)C3)c(-n2nccn2)c1. The summed E-state index contributed by atoms with van der Waals surface area (Å²) in [6, 6.07) is 4.88. The second kappa shape index (κ2) is 8.01. The van der Waals surface area contributed by atoms with Gasteiger partial charge in [0.05, 0.1) is 49.5 Å². The van der Waals surface area contributed by atoms with Crippen molar-refractivity contribution in [3.63, 3.8) is 0 Å². The van der Waals surface area contributed by atoms with Gasteiger partial charge in [0.25, 0.3) is 5.91 Å². The topological polar surface area (TPSA) is 98.1 Å². The minimum absolute atomic E-state index is 0.0166. The molecule has 4 heterocycles. The van der Waals surface area contributed by atoms with Crippen LogP contribution in [-0.4, -0.2) is 61.0 Å². The molecule has 2 saturated heterocycles. The highest BCUT2D eigenvalue weighted by molar-refractivity contribution is 5.98. The highest BCUT2D eigenvalue weighted by atomic mass is 19.4. The van der Waals surface area contributed by atoms with Crippen LogP contribution in [0.2, 0.25) is 0 Å². The van der Waals surface area contributed by atoms with Crippen molar-refractivity contribution >= 4 is 11.7 Å². The quantitative estimate of drug-likeness (QED) is 0.627. The highest BCUT2D eigenvalue weighted by Gasteiger charge is 2.49. The molecule has 0 unspecified atom stereocenters. The Kier molecular flexibility index (Phi) is 5.14. The van der Waals surface area contributed by atoms with E-state index in [1.165, 1.54) is 24.3 Å². The first-order valence-corrected chi connectivity index (χ1v) is 10.4. The fourth-order valence-corrected chi connectivity index (χ4v) is 4.66. The van der Waals surface area contributed by atoms with E-state index in [4.69, 9.17) is 4.74 Å². The Morgan fingerprint density at radius 2 is 1.94 bits per heavy atom. The number of ether oxygens (including phenoxy) is 1. The second-order valence-corrected chi connectivity index (χ2v) is 7.98. The minimum Gasteiger partial charge on any atom is -0.497 e. The number of carbonyl (C=O) groups is 1. The smallest absolute Gasteiger partial charge is 0.434 e. The summed E-state index contributed by atoms with van der Waals surface area (Å²) in [4.78, 5) is 24.1. The molecule has 5 rings (SSSR count). The van der Waals surface area contributed by atoms with E-state index in [0.29, 0.717) is 29.6 Å². The van der Waals surface area contributed by atoms with Gasteiger partial charge >= 0.3 is 6.18 Å². The standard InChI is InChI=1S/C21H20F3N7O2/c1-33-13-3-4-14(17(9-13)31-27-6-7-28-31)20(32)30-12-2-5-16(30)15(8-12)29-19-11-25-18(10-26-19)21(22,23)24/h3-4,6-7,9-12,15-16H,2,5,8H2,1H3,(H,26,29)/t12-,15-,16+/m1/s1. The zero-order valence-corrected chi connectivity index (χ0v) is 17.5. The lowest BCUT2D eigenvalue weighted by atomic mass is 9.95. The molecule has 2 aliphatic heterocycles. The Balaban J connectivity index is 1.38. The zero-order chi connectivity index (χ0) is 23.2. The van der Waals surface area contributed by atoms with Crippen LogP contribution in [0.25, 0.3) is 5.69 Å². The molecular formula is C21H20F3N7O2. The molecule has 0 spiro atoms. The summed E-state index contributed by atoms with van der Waals surface area (Å²) in [6.07, 6.45) is 2.61. The Labute approximate surface area is 186 Å². The van der Waals surface area contributed by atoms with Crippen LogP contribution in [0.15, 0.2) is 43.0 Å². The Hall–Kier alpha value is -3.70. The summed E-state index contributed by atoms with van der Waals surface area (Å²) in [5, 5.41) is 11.5. The minimum atomic E-state index is -4.54. The molecule has 12 heteroatoms. The van der Waals surface area contributed by atoms with Crippen molar-refractivity contribution in [2.24, 2.45) is 0 Å². The van der Waals surface area contributed by atoms with E-state index in [1.54, 1.807) is 18.2 Å². The lowest BCUT2D eigenvalue weighted by Gasteiger charge is -2.26. The monoisotopic (exact) mass is 459 g/mol. The van der Waals surface area contributed by atoms with Crippen molar-refractivity contribution in [3.8, 4) is 11.4 Å². The van der Waals surface area contributed by atoms with Crippen LogP contribution < -0.4 is 10.1 Å². The molecule has 2 bridgehead atoms. The van der Waals surface area contributed by atoms with Crippen LogP contribution in [0.3, 0.4) is 0 Å². The van der Waals surface area contributed by atoms with Gasteiger partial charge in [-0.2, -0.15) is 28.2 Å². The van der Waals surface area contributed by atoms with Gasteiger partial charge < -0.3 is 15.0 Å². The van der Waals surface area contributed by atoms with Gasteiger partial charge in [-0.15, -0.1) is 0 Å². The third-order valence-electron chi connectivity index (χ3n) is 6.12. The van der Waals surface area contributed by atoms with Gasteiger partial charge in [0.2, 0.25) is 0 Å². The van der Waals surface area contributed by atoms with Crippen LogP contribution in [0.4, 0.5) is 19.0 Å². The third-order valence-corrected chi connectivity index (χ3v) is 6.12. The summed E-state index contributed by atoms with van der Waals surface area (Å²) in [5.74, 6) is 0.669. The van der Waals surface area contributed by atoms with E-state index in [9.17, 15) is 18.0 Å². The summed E-state index contributed by atoms with van der Waals surface area (Å²) in [7, 11) is 1.54. The second-order valence-electron chi connectivity index (χ2n) is 7.98. The number of rotatable bonds is 5. The van der Waals surface area contributed by atoms with Crippen LogP contribution in [-0.2, 0) is 6.18 Å². The highest BCUT2D eigenvalue weighted by Crippen LogP contribution is 2.40. The molecule has 0 saturated carbocycles. The maximum Gasteiger partial charge on any atom is 0.434 e. The zero-order valence-electron chi connectivity index (χ0n) is 17.5. The Morgan fingerprint density at radius 3 is 2.61 bits per heavy atom. The van der Waals surface area contributed by atoms with Crippen LogP contribution in [0.1, 0.15) is 35.3 Å². The maximum atomic E-state index is 13.6. The number of aromatic nitrogens is 5. The number of benzene rings is 1. The molecule has 9 nitrogen and oxygen atoms in total. The number of nitrogens with one attached hydrogen (secondary N) is 1. The Bertz CT molecular complexity index is 1150. The van der Waals surface area contributed by atoms with Gasteiger partial charge in [0.1, 0.15) is 17.3 Å². The van der Waals surface area contributed by atoms with E-state index in [-0.39, 0.29) is 29.9 Å². The van der Waals surface area contributed by atoms with E-state index < -0.39 is 11.9 Å². The molecule has 2 fully saturated rings. The number of nitrogens with zero attached hydrogens (tertiary/aromatic N) is 6. The molecule has 2 aromatic heterocycles. The summed E-state index contributed by atoms with van der Waals surface area (Å²) < 4.78 is 43.5. The largest absolute Gasteiger partial charge is 0.497 e. The molecule has 1 aromatic carbocycles. The predicted molar refractivity (Wildman–Crippen MR) is 110 cm³/mol. The molecule has 33 heavy (non-hydrogen) atoms. The number of anilines is 1. The average Bonchev–Trinajstić information content (AvgIpc) is 3.55. The number of amides is 1. The van der Waals surface area contributed by atoms with Crippen molar-refractivity contribution in [1.29, 1.82) is 0 Å². The summed E-state index contributed by atoms with van der Waals surface area (Å²) in [6.45, 7) is 0. The molecule has 0 aliphatic carbocycles. The first kappa shape index (κ1) is 21.2. The molecule has 1 amide bonds. The van der Waals surface area contributed by atoms with Crippen LogP contribution in [0, 0.1) is 0 Å².